The number of rotatable bonds is 4. The van der Waals surface area contributed by atoms with Crippen molar-refractivity contribution >= 4 is 17.5 Å². The molecule has 4 N–H and O–H groups in total. The first-order valence-electron chi connectivity index (χ1n) is 6.82. The average Bonchev–Trinajstić information content (AvgIpc) is 2.44. The Bertz CT molecular complexity index is 526. The number of carbonyl (C=O) groups excluding carboxylic acids is 2. The van der Waals surface area contributed by atoms with Crippen molar-refractivity contribution in [1.29, 1.82) is 0 Å². The normalized spacial score (nSPS) is 17.8. The number of benzene rings is 1. The smallest absolute Gasteiger partial charge is 0.227 e. The van der Waals surface area contributed by atoms with E-state index < -0.39 is 11.3 Å². The molecule has 5 nitrogen and oxygen atoms in total. The Kier molecular flexibility index (Phi) is 3.97. The summed E-state index contributed by atoms with van der Waals surface area (Å²) in [6.45, 7) is 4.49. The molecule has 108 valence electrons. The van der Waals surface area contributed by atoms with E-state index in [9.17, 15) is 9.59 Å². The SMILES string of the molecule is CC(C)(CNC(=O)C1CCNc2ccccc21)C(N)=O. The summed E-state index contributed by atoms with van der Waals surface area (Å²) in [5.74, 6) is -0.632. The molecule has 0 aliphatic carbocycles. The first-order valence-corrected chi connectivity index (χ1v) is 6.82. The summed E-state index contributed by atoms with van der Waals surface area (Å²) in [6, 6.07) is 7.81. The Morgan fingerprint density at radius 1 is 1.40 bits per heavy atom. The minimum absolute atomic E-state index is 0.0479. The second kappa shape index (κ2) is 5.53. The van der Waals surface area contributed by atoms with Gasteiger partial charge in [-0.3, -0.25) is 9.59 Å². The predicted molar refractivity (Wildman–Crippen MR) is 78.3 cm³/mol. The van der Waals surface area contributed by atoms with Gasteiger partial charge in [-0.15, -0.1) is 0 Å². The summed E-state index contributed by atoms with van der Waals surface area (Å²) in [6.07, 6.45) is 0.750. The maximum atomic E-state index is 12.3. The van der Waals surface area contributed by atoms with Gasteiger partial charge in [0.1, 0.15) is 0 Å². The highest BCUT2D eigenvalue weighted by Gasteiger charge is 2.29. The van der Waals surface area contributed by atoms with Crippen molar-refractivity contribution in [2.75, 3.05) is 18.4 Å². The molecule has 1 aromatic carbocycles. The zero-order valence-electron chi connectivity index (χ0n) is 11.9. The molecule has 1 aromatic rings. The zero-order valence-corrected chi connectivity index (χ0v) is 11.9. The van der Waals surface area contributed by atoms with Gasteiger partial charge in [-0.25, -0.2) is 0 Å². The monoisotopic (exact) mass is 275 g/mol. The van der Waals surface area contributed by atoms with Crippen molar-refractivity contribution in [2.24, 2.45) is 11.1 Å². The van der Waals surface area contributed by atoms with Gasteiger partial charge in [-0.1, -0.05) is 18.2 Å². The van der Waals surface area contributed by atoms with Crippen molar-refractivity contribution in [3.63, 3.8) is 0 Å². The maximum Gasteiger partial charge on any atom is 0.227 e. The molecule has 0 fully saturated rings. The number of carbonyl (C=O) groups is 2. The molecular formula is C15H21N3O2. The molecule has 0 spiro atoms. The van der Waals surface area contributed by atoms with Crippen molar-refractivity contribution in [2.45, 2.75) is 26.2 Å². The Hall–Kier alpha value is -2.04. The van der Waals surface area contributed by atoms with E-state index >= 15 is 0 Å². The second-order valence-electron chi connectivity index (χ2n) is 5.82. The van der Waals surface area contributed by atoms with Crippen LogP contribution in [0.4, 0.5) is 5.69 Å². The fraction of sp³-hybridized carbons (Fsp3) is 0.467. The van der Waals surface area contributed by atoms with Crippen LogP contribution in [0.25, 0.3) is 0 Å². The van der Waals surface area contributed by atoms with Gasteiger partial charge in [0.15, 0.2) is 0 Å². The second-order valence-corrected chi connectivity index (χ2v) is 5.82. The van der Waals surface area contributed by atoms with Crippen molar-refractivity contribution in [3.05, 3.63) is 29.8 Å². The van der Waals surface area contributed by atoms with Crippen LogP contribution in [0.5, 0.6) is 0 Å². The highest BCUT2D eigenvalue weighted by atomic mass is 16.2. The molecule has 1 unspecified atom stereocenters. The third kappa shape index (κ3) is 2.92. The molecule has 0 aromatic heterocycles. The van der Waals surface area contributed by atoms with Crippen LogP contribution in [0.3, 0.4) is 0 Å². The maximum absolute atomic E-state index is 12.3. The highest BCUT2D eigenvalue weighted by Crippen LogP contribution is 2.31. The van der Waals surface area contributed by atoms with Gasteiger partial charge < -0.3 is 16.4 Å². The minimum atomic E-state index is -0.734. The summed E-state index contributed by atoms with van der Waals surface area (Å²) in [5, 5.41) is 6.13. The number of hydrogen-bond donors (Lipinski definition) is 3. The third-order valence-electron chi connectivity index (χ3n) is 3.77. The molecule has 0 radical (unpaired) electrons. The van der Waals surface area contributed by atoms with E-state index in [1.165, 1.54) is 0 Å². The summed E-state index contributed by atoms with van der Waals surface area (Å²) < 4.78 is 0. The quantitative estimate of drug-likeness (QED) is 0.772. The van der Waals surface area contributed by atoms with E-state index in [-0.39, 0.29) is 18.4 Å². The number of primary amides is 1. The summed E-state index contributed by atoms with van der Waals surface area (Å²) >= 11 is 0. The Balaban J connectivity index is 2.06. The Morgan fingerprint density at radius 2 is 2.10 bits per heavy atom. The largest absolute Gasteiger partial charge is 0.385 e. The Morgan fingerprint density at radius 3 is 2.80 bits per heavy atom. The van der Waals surface area contributed by atoms with Gasteiger partial charge in [-0.2, -0.15) is 0 Å². The van der Waals surface area contributed by atoms with Crippen molar-refractivity contribution in [3.8, 4) is 0 Å². The zero-order chi connectivity index (χ0) is 14.8. The first kappa shape index (κ1) is 14.4. The number of anilines is 1. The van der Waals surface area contributed by atoms with Gasteiger partial charge in [0, 0.05) is 18.8 Å². The summed E-state index contributed by atoms with van der Waals surface area (Å²) in [5.41, 5.74) is 6.59. The molecule has 1 atom stereocenters. The number of para-hydroxylation sites is 1. The van der Waals surface area contributed by atoms with Crippen LogP contribution in [0.15, 0.2) is 24.3 Å². The summed E-state index contributed by atoms with van der Waals surface area (Å²) in [7, 11) is 0. The van der Waals surface area contributed by atoms with Crippen LogP contribution in [0.2, 0.25) is 0 Å². The molecule has 1 aliphatic heterocycles. The molecule has 2 rings (SSSR count). The van der Waals surface area contributed by atoms with Gasteiger partial charge >= 0.3 is 0 Å². The lowest BCUT2D eigenvalue weighted by molar-refractivity contribution is -0.127. The first-order chi connectivity index (χ1) is 9.42. The van der Waals surface area contributed by atoms with E-state index in [1.807, 2.05) is 24.3 Å². The standard InChI is InChI=1S/C15H21N3O2/c1-15(2,14(16)20)9-18-13(19)11-7-8-17-12-6-4-3-5-10(11)12/h3-6,11,17H,7-9H2,1-2H3,(H2,16,20)(H,18,19). The van der Waals surface area contributed by atoms with Crippen LogP contribution in [0, 0.1) is 5.41 Å². The van der Waals surface area contributed by atoms with E-state index in [2.05, 4.69) is 10.6 Å². The molecular weight excluding hydrogens is 254 g/mol. The lowest BCUT2D eigenvalue weighted by Gasteiger charge is -2.27. The van der Waals surface area contributed by atoms with Gasteiger partial charge in [0.25, 0.3) is 0 Å². The average molecular weight is 275 g/mol. The highest BCUT2D eigenvalue weighted by molar-refractivity contribution is 5.87. The van der Waals surface area contributed by atoms with Crippen molar-refractivity contribution < 1.29 is 9.59 Å². The molecule has 5 heteroatoms. The summed E-state index contributed by atoms with van der Waals surface area (Å²) in [4.78, 5) is 23.6. The van der Waals surface area contributed by atoms with E-state index in [0.717, 1.165) is 24.2 Å². The molecule has 0 bridgehead atoms. The molecule has 2 amide bonds. The van der Waals surface area contributed by atoms with Gasteiger partial charge in [0.2, 0.25) is 11.8 Å². The van der Waals surface area contributed by atoms with E-state index in [1.54, 1.807) is 13.8 Å². The number of fused-ring (bicyclic) bond motifs is 1. The fourth-order valence-corrected chi connectivity index (χ4v) is 2.26. The number of hydrogen-bond acceptors (Lipinski definition) is 3. The van der Waals surface area contributed by atoms with Crippen LogP contribution in [0.1, 0.15) is 31.7 Å². The van der Waals surface area contributed by atoms with E-state index in [0.29, 0.717) is 0 Å². The van der Waals surface area contributed by atoms with E-state index in [4.69, 9.17) is 5.73 Å². The molecule has 0 saturated heterocycles. The number of amides is 2. The lowest BCUT2D eigenvalue weighted by Crippen LogP contribution is -2.44. The molecule has 1 heterocycles. The topological polar surface area (TPSA) is 84.2 Å². The molecule has 0 saturated carbocycles. The molecule has 1 aliphatic rings. The lowest BCUT2D eigenvalue weighted by atomic mass is 9.89. The molecule has 20 heavy (non-hydrogen) atoms. The van der Waals surface area contributed by atoms with Crippen LogP contribution < -0.4 is 16.4 Å². The van der Waals surface area contributed by atoms with Crippen LogP contribution in [-0.2, 0) is 9.59 Å². The fourth-order valence-electron chi connectivity index (χ4n) is 2.26. The Labute approximate surface area is 118 Å². The van der Waals surface area contributed by atoms with Crippen molar-refractivity contribution in [1.82, 2.24) is 5.32 Å². The number of nitrogens with one attached hydrogen (secondary N) is 2. The third-order valence-corrected chi connectivity index (χ3v) is 3.77. The number of nitrogens with two attached hydrogens (primary N) is 1. The predicted octanol–water partition coefficient (Wildman–Crippen LogP) is 1.21. The minimum Gasteiger partial charge on any atom is -0.385 e. The van der Waals surface area contributed by atoms with Crippen LogP contribution >= 0.6 is 0 Å². The van der Waals surface area contributed by atoms with Crippen LogP contribution in [-0.4, -0.2) is 24.9 Å². The van der Waals surface area contributed by atoms with Gasteiger partial charge in [0.05, 0.1) is 11.3 Å². The van der Waals surface area contributed by atoms with Gasteiger partial charge in [-0.05, 0) is 31.9 Å².